The zero-order valence-electron chi connectivity index (χ0n) is 35.3. The number of unbranched alkanes of at least 4 members (excludes halogenated alkanes) is 4. The molecule has 0 aromatic carbocycles. The molecule has 0 aliphatic heterocycles. The van der Waals surface area contributed by atoms with Crippen molar-refractivity contribution in [2.45, 2.75) is 135 Å². The van der Waals surface area contributed by atoms with Crippen LogP contribution in [0.15, 0.2) is 122 Å². The number of rotatable bonds is 37. The molecule has 2 unspecified atom stereocenters. The maximum absolute atomic E-state index is 12.6. The molecule has 0 aliphatic carbocycles. The summed E-state index contributed by atoms with van der Waals surface area (Å²) in [7, 11) is -4.42. The number of phosphoric acid groups is 1. The summed E-state index contributed by atoms with van der Waals surface area (Å²) in [6, 6.07) is 0. The molecule has 0 aromatic rings. The molecular formula is C47H74NO9P. The van der Waals surface area contributed by atoms with Gasteiger partial charge < -0.3 is 25.2 Å². The van der Waals surface area contributed by atoms with Gasteiger partial charge in [-0.1, -0.05) is 142 Å². The van der Waals surface area contributed by atoms with E-state index in [0.717, 1.165) is 70.6 Å². The van der Waals surface area contributed by atoms with E-state index < -0.39 is 38.6 Å². The Morgan fingerprint density at radius 1 is 0.603 bits per heavy atom. The summed E-state index contributed by atoms with van der Waals surface area (Å²) < 4.78 is 32.6. The van der Waals surface area contributed by atoms with Crippen molar-refractivity contribution >= 4 is 19.8 Å². The van der Waals surface area contributed by atoms with E-state index in [1.54, 1.807) is 0 Å². The number of aliphatic hydroxyl groups excluding tert-OH is 1. The second-order valence-electron chi connectivity index (χ2n) is 13.3. The van der Waals surface area contributed by atoms with E-state index in [4.69, 9.17) is 24.3 Å². The van der Waals surface area contributed by atoms with E-state index in [-0.39, 0.29) is 32.6 Å². The van der Waals surface area contributed by atoms with Gasteiger partial charge in [-0.15, -0.1) is 0 Å². The molecule has 0 heterocycles. The number of nitrogens with two attached hydrogens (primary N) is 1. The number of carbonyl (C=O) groups is 2. The van der Waals surface area contributed by atoms with E-state index in [2.05, 4.69) is 79.8 Å². The van der Waals surface area contributed by atoms with Crippen molar-refractivity contribution in [1.82, 2.24) is 0 Å². The quantitative estimate of drug-likeness (QED) is 0.0181. The molecule has 0 aliphatic rings. The van der Waals surface area contributed by atoms with Crippen molar-refractivity contribution in [2.24, 2.45) is 5.73 Å². The Kier molecular flexibility index (Phi) is 38.9. The number of phosphoric ester groups is 1. The van der Waals surface area contributed by atoms with Gasteiger partial charge in [-0.2, -0.15) is 0 Å². The molecule has 58 heavy (non-hydrogen) atoms. The van der Waals surface area contributed by atoms with Crippen molar-refractivity contribution in [1.29, 1.82) is 0 Å². The lowest BCUT2D eigenvalue weighted by Gasteiger charge is -2.19. The minimum Gasteiger partial charge on any atom is -0.462 e. The average Bonchev–Trinajstić information content (AvgIpc) is 3.21. The maximum Gasteiger partial charge on any atom is 0.472 e. The van der Waals surface area contributed by atoms with E-state index in [1.165, 1.54) is 0 Å². The zero-order valence-corrected chi connectivity index (χ0v) is 36.2. The number of ether oxygens (including phenoxy) is 2. The number of esters is 2. The fourth-order valence-electron chi connectivity index (χ4n) is 4.83. The highest BCUT2D eigenvalue weighted by molar-refractivity contribution is 7.47. The summed E-state index contributed by atoms with van der Waals surface area (Å²) in [5.74, 6) is -0.974. The zero-order chi connectivity index (χ0) is 42.6. The van der Waals surface area contributed by atoms with Crippen molar-refractivity contribution in [3.05, 3.63) is 122 Å². The molecule has 10 nitrogen and oxygen atoms in total. The van der Waals surface area contributed by atoms with Gasteiger partial charge in [0, 0.05) is 19.4 Å². The molecule has 3 atom stereocenters. The van der Waals surface area contributed by atoms with Crippen LogP contribution in [0.4, 0.5) is 0 Å². The fraction of sp³-hybridized carbons (Fsp3) is 0.532. The molecular weight excluding hydrogens is 753 g/mol. The first-order valence-corrected chi connectivity index (χ1v) is 22.6. The molecule has 0 rings (SSSR count). The van der Waals surface area contributed by atoms with Gasteiger partial charge >= 0.3 is 19.8 Å². The Labute approximate surface area is 350 Å². The number of hydrogen-bond donors (Lipinski definition) is 3. The van der Waals surface area contributed by atoms with E-state index in [9.17, 15) is 24.2 Å². The van der Waals surface area contributed by atoms with Crippen LogP contribution in [-0.2, 0) is 32.7 Å². The van der Waals surface area contributed by atoms with Gasteiger partial charge in [0.05, 0.1) is 19.3 Å². The smallest absolute Gasteiger partial charge is 0.462 e. The van der Waals surface area contributed by atoms with E-state index >= 15 is 0 Å². The summed E-state index contributed by atoms with van der Waals surface area (Å²) in [5.41, 5.74) is 5.33. The molecule has 0 radical (unpaired) electrons. The van der Waals surface area contributed by atoms with Gasteiger partial charge in [-0.25, -0.2) is 4.57 Å². The molecule has 0 fully saturated rings. The van der Waals surface area contributed by atoms with Crippen molar-refractivity contribution < 1.29 is 42.7 Å². The highest BCUT2D eigenvalue weighted by atomic mass is 31.2. The topological polar surface area (TPSA) is 155 Å². The van der Waals surface area contributed by atoms with Crippen LogP contribution < -0.4 is 5.73 Å². The molecule has 0 bridgehead atoms. The van der Waals surface area contributed by atoms with Gasteiger partial charge in [0.1, 0.15) is 6.61 Å². The SMILES string of the molecule is CC/C=C\C/C=C\C/C=C\C/C=C\C/C=C\CCCCCC(=O)OC[C@H](COP(=O)(O)OCCN)OC(=O)CCC/C=C\C/C=C\C/C=C\C=C\CC(O)/C=C\CC. The first kappa shape index (κ1) is 54.4. The van der Waals surface area contributed by atoms with Crippen LogP contribution in [0.3, 0.4) is 0 Å². The van der Waals surface area contributed by atoms with Gasteiger partial charge in [0.2, 0.25) is 0 Å². The third kappa shape index (κ3) is 40.6. The Morgan fingerprint density at radius 2 is 1.12 bits per heavy atom. The minimum absolute atomic E-state index is 0.0248. The predicted molar refractivity (Wildman–Crippen MR) is 239 cm³/mol. The Morgan fingerprint density at radius 3 is 1.71 bits per heavy atom. The van der Waals surface area contributed by atoms with Gasteiger partial charge in [0.25, 0.3) is 0 Å². The molecule has 0 saturated carbocycles. The van der Waals surface area contributed by atoms with Crippen LogP contribution >= 0.6 is 7.82 Å². The van der Waals surface area contributed by atoms with Crippen LogP contribution in [0.1, 0.15) is 123 Å². The van der Waals surface area contributed by atoms with Crippen LogP contribution in [0.5, 0.6) is 0 Å². The average molecular weight is 828 g/mol. The summed E-state index contributed by atoms with van der Waals surface area (Å²) in [6.45, 7) is 3.22. The summed E-state index contributed by atoms with van der Waals surface area (Å²) in [6.07, 6.45) is 52.9. The highest BCUT2D eigenvalue weighted by Crippen LogP contribution is 2.43. The van der Waals surface area contributed by atoms with Crippen LogP contribution in [0, 0.1) is 0 Å². The number of carbonyl (C=O) groups excluding carboxylic acids is 2. The predicted octanol–water partition coefficient (Wildman–Crippen LogP) is 11.1. The largest absolute Gasteiger partial charge is 0.472 e. The van der Waals surface area contributed by atoms with Gasteiger partial charge in [-0.05, 0) is 89.9 Å². The number of allylic oxidation sites excluding steroid dienone is 18. The second kappa shape index (κ2) is 41.5. The molecule has 0 spiro atoms. The molecule has 0 amide bonds. The van der Waals surface area contributed by atoms with Crippen molar-refractivity contribution in [3.63, 3.8) is 0 Å². The minimum atomic E-state index is -4.42. The Bertz CT molecular complexity index is 1370. The molecule has 0 aromatic heterocycles. The van der Waals surface area contributed by atoms with Gasteiger partial charge in [0.15, 0.2) is 6.10 Å². The highest BCUT2D eigenvalue weighted by Gasteiger charge is 2.25. The van der Waals surface area contributed by atoms with Gasteiger partial charge in [-0.3, -0.25) is 18.6 Å². The Hall–Kier alpha value is -3.63. The summed E-state index contributed by atoms with van der Waals surface area (Å²) in [5, 5.41) is 9.76. The lowest BCUT2D eigenvalue weighted by atomic mass is 10.1. The first-order chi connectivity index (χ1) is 28.2. The third-order valence-corrected chi connectivity index (χ3v) is 8.90. The molecule has 326 valence electrons. The number of hydrogen-bond acceptors (Lipinski definition) is 9. The summed E-state index contributed by atoms with van der Waals surface area (Å²) in [4.78, 5) is 34.8. The maximum atomic E-state index is 12.6. The normalized spacial score (nSPS) is 15.1. The molecule has 11 heteroatoms. The fourth-order valence-corrected chi connectivity index (χ4v) is 5.60. The lowest BCUT2D eigenvalue weighted by molar-refractivity contribution is -0.161. The van der Waals surface area contributed by atoms with Crippen LogP contribution in [0.25, 0.3) is 0 Å². The molecule has 0 saturated heterocycles. The number of aliphatic hydroxyl groups is 1. The van der Waals surface area contributed by atoms with Crippen LogP contribution in [-0.4, -0.2) is 60.5 Å². The van der Waals surface area contributed by atoms with E-state index in [1.807, 2.05) is 55.5 Å². The van der Waals surface area contributed by atoms with Crippen LogP contribution in [0.2, 0.25) is 0 Å². The standard InChI is InChI=1S/C47H74NO9P/c1-3-5-7-8-9-10-11-12-13-14-15-16-17-18-22-25-28-31-34-38-46(50)54-42-45(43-56-58(52,53)55-41-40-48)57-47(51)39-35-32-29-26-23-20-19-21-24-27-30-33-37-44(49)36-6-4-2/h5-7,9-10,12-13,15-16,18-20,22,24,26-27,29-30,33,36,44-45,49H,3-4,8,11,14,17,21,23,25,28,31-32,34-35,37-43,48H2,1-2H3,(H,52,53)/b7-5-,10-9-,13-12-,16-15-,20-19-,22-18-,27-24-,29-26-,33-30+,36-6-/t44?,45-/m1/s1. The van der Waals surface area contributed by atoms with E-state index in [0.29, 0.717) is 25.7 Å². The monoisotopic (exact) mass is 828 g/mol. The lowest BCUT2D eigenvalue weighted by Crippen LogP contribution is -2.29. The third-order valence-electron chi connectivity index (χ3n) is 7.92. The molecule has 4 N–H and O–H groups in total. The summed E-state index contributed by atoms with van der Waals surface area (Å²) >= 11 is 0. The first-order valence-electron chi connectivity index (χ1n) is 21.1. The van der Waals surface area contributed by atoms with Crippen molar-refractivity contribution in [3.8, 4) is 0 Å². The Balaban J connectivity index is 4.39. The second-order valence-corrected chi connectivity index (χ2v) is 14.7. The van der Waals surface area contributed by atoms with Crippen molar-refractivity contribution in [2.75, 3.05) is 26.4 Å².